The zero-order valence-corrected chi connectivity index (χ0v) is 15.4. The number of rotatable bonds is 6. The highest BCUT2D eigenvalue weighted by Gasteiger charge is 2.37. The summed E-state index contributed by atoms with van der Waals surface area (Å²) in [4.78, 5) is 26.4. The van der Waals surface area contributed by atoms with Crippen molar-refractivity contribution in [3.8, 4) is 0 Å². The van der Waals surface area contributed by atoms with Crippen molar-refractivity contribution in [2.45, 2.75) is 45.6 Å². The standard InChI is InChI=1S/C18H27N3O2.ClH/c1-12(2)14-4-6-15(7-5-14)21-11-9-16(18(21)23)17(22)20-10-8-13(3)19;/h4-7,12-13,16H,8-11,19H2,1-3H3,(H,20,22);1H. The van der Waals surface area contributed by atoms with E-state index >= 15 is 0 Å². The molecule has 1 aliphatic rings. The van der Waals surface area contributed by atoms with Crippen molar-refractivity contribution in [3.05, 3.63) is 29.8 Å². The molecule has 0 aliphatic carbocycles. The van der Waals surface area contributed by atoms with Crippen LogP contribution in [0.1, 0.15) is 45.1 Å². The molecule has 1 aromatic rings. The molecule has 5 nitrogen and oxygen atoms in total. The maximum Gasteiger partial charge on any atom is 0.239 e. The molecule has 24 heavy (non-hydrogen) atoms. The number of carbonyl (C=O) groups is 2. The second kappa shape index (κ2) is 9.04. The molecule has 3 N–H and O–H groups in total. The first-order valence-electron chi connectivity index (χ1n) is 8.34. The SMILES string of the molecule is CC(N)CCNC(=O)C1CCN(c2ccc(C(C)C)cc2)C1=O.Cl. The van der Waals surface area contributed by atoms with Crippen molar-refractivity contribution in [1.82, 2.24) is 5.32 Å². The Bertz CT molecular complexity index is 558. The molecule has 2 unspecified atom stereocenters. The molecule has 1 aromatic carbocycles. The number of benzene rings is 1. The van der Waals surface area contributed by atoms with Gasteiger partial charge in [-0.05, 0) is 43.4 Å². The molecule has 1 heterocycles. The van der Waals surface area contributed by atoms with Crippen LogP contribution in [0, 0.1) is 5.92 Å². The first-order valence-corrected chi connectivity index (χ1v) is 8.34. The molecule has 0 bridgehead atoms. The van der Waals surface area contributed by atoms with Crippen LogP contribution >= 0.6 is 12.4 Å². The Kier molecular flexibility index (Phi) is 7.70. The molecule has 0 saturated carbocycles. The van der Waals surface area contributed by atoms with Crippen LogP contribution in [-0.2, 0) is 9.59 Å². The van der Waals surface area contributed by atoms with E-state index in [0.717, 1.165) is 5.69 Å². The van der Waals surface area contributed by atoms with Crippen LogP contribution in [0.25, 0.3) is 0 Å². The first kappa shape index (κ1) is 20.5. The lowest BCUT2D eigenvalue weighted by Gasteiger charge is -2.18. The van der Waals surface area contributed by atoms with Crippen LogP contribution in [0.2, 0.25) is 0 Å². The molecule has 134 valence electrons. The fourth-order valence-corrected chi connectivity index (χ4v) is 2.76. The lowest BCUT2D eigenvalue weighted by molar-refractivity contribution is -0.132. The van der Waals surface area contributed by atoms with Gasteiger partial charge in [0.2, 0.25) is 11.8 Å². The highest BCUT2D eigenvalue weighted by atomic mass is 35.5. The van der Waals surface area contributed by atoms with E-state index in [0.29, 0.717) is 31.8 Å². The van der Waals surface area contributed by atoms with Gasteiger partial charge < -0.3 is 16.0 Å². The Hall–Kier alpha value is -1.59. The Morgan fingerprint density at radius 3 is 2.46 bits per heavy atom. The van der Waals surface area contributed by atoms with Crippen LogP contribution in [-0.4, -0.2) is 30.9 Å². The highest BCUT2D eigenvalue weighted by molar-refractivity contribution is 6.09. The molecular weight excluding hydrogens is 326 g/mol. The molecule has 0 spiro atoms. The van der Waals surface area contributed by atoms with E-state index in [-0.39, 0.29) is 30.3 Å². The Morgan fingerprint density at radius 2 is 1.92 bits per heavy atom. The lowest BCUT2D eigenvalue weighted by atomic mass is 10.0. The van der Waals surface area contributed by atoms with Crippen molar-refractivity contribution in [2.75, 3.05) is 18.0 Å². The number of carbonyl (C=O) groups excluding carboxylic acids is 2. The van der Waals surface area contributed by atoms with Crippen molar-refractivity contribution < 1.29 is 9.59 Å². The van der Waals surface area contributed by atoms with Gasteiger partial charge >= 0.3 is 0 Å². The third-order valence-electron chi connectivity index (χ3n) is 4.29. The molecule has 1 saturated heterocycles. The van der Waals surface area contributed by atoms with Crippen LogP contribution in [0.15, 0.2) is 24.3 Å². The lowest BCUT2D eigenvalue weighted by Crippen LogP contribution is -2.38. The van der Waals surface area contributed by atoms with Crippen molar-refractivity contribution in [3.63, 3.8) is 0 Å². The van der Waals surface area contributed by atoms with Gasteiger partial charge in [-0.2, -0.15) is 0 Å². The van der Waals surface area contributed by atoms with Gasteiger partial charge in [-0.1, -0.05) is 26.0 Å². The van der Waals surface area contributed by atoms with E-state index in [1.54, 1.807) is 4.90 Å². The fraction of sp³-hybridized carbons (Fsp3) is 0.556. The van der Waals surface area contributed by atoms with E-state index in [1.807, 2.05) is 31.2 Å². The summed E-state index contributed by atoms with van der Waals surface area (Å²) in [6.45, 7) is 7.28. The number of hydrogen-bond acceptors (Lipinski definition) is 3. The predicted molar refractivity (Wildman–Crippen MR) is 99.5 cm³/mol. The average molecular weight is 354 g/mol. The normalized spacial score (nSPS) is 18.5. The van der Waals surface area contributed by atoms with Crippen molar-refractivity contribution in [1.29, 1.82) is 0 Å². The Labute approximate surface area is 150 Å². The number of halogens is 1. The number of amides is 2. The van der Waals surface area contributed by atoms with Gasteiger partial charge in [0.1, 0.15) is 5.92 Å². The van der Waals surface area contributed by atoms with E-state index in [9.17, 15) is 9.59 Å². The highest BCUT2D eigenvalue weighted by Crippen LogP contribution is 2.27. The minimum Gasteiger partial charge on any atom is -0.355 e. The number of nitrogens with two attached hydrogens (primary N) is 1. The van der Waals surface area contributed by atoms with Gasteiger partial charge in [-0.25, -0.2) is 0 Å². The van der Waals surface area contributed by atoms with E-state index in [2.05, 4.69) is 19.2 Å². The van der Waals surface area contributed by atoms with Crippen LogP contribution in [0.5, 0.6) is 0 Å². The number of nitrogens with zero attached hydrogens (tertiary/aromatic N) is 1. The molecule has 6 heteroatoms. The van der Waals surface area contributed by atoms with E-state index in [1.165, 1.54) is 5.56 Å². The van der Waals surface area contributed by atoms with Gasteiger partial charge in [-0.3, -0.25) is 9.59 Å². The third kappa shape index (κ3) is 4.95. The summed E-state index contributed by atoms with van der Waals surface area (Å²) in [7, 11) is 0. The van der Waals surface area contributed by atoms with Gasteiger partial charge in [-0.15, -0.1) is 12.4 Å². The van der Waals surface area contributed by atoms with Gasteiger partial charge in [0.05, 0.1) is 0 Å². The monoisotopic (exact) mass is 353 g/mol. The van der Waals surface area contributed by atoms with Crippen molar-refractivity contribution in [2.24, 2.45) is 11.7 Å². The molecule has 0 radical (unpaired) electrons. The summed E-state index contributed by atoms with van der Waals surface area (Å²) in [6, 6.07) is 8.06. The first-order chi connectivity index (χ1) is 10.9. The smallest absolute Gasteiger partial charge is 0.239 e. The van der Waals surface area contributed by atoms with Crippen LogP contribution in [0.4, 0.5) is 5.69 Å². The fourth-order valence-electron chi connectivity index (χ4n) is 2.76. The largest absolute Gasteiger partial charge is 0.355 e. The topological polar surface area (TPSA) is 75.4 Å². The van der Waals surface area contributed by atoms with Gasteiger partial charge in [0, 0.05) is 24.8 Å². The quantitative estimate of drug-likeness (QED) is 0.771. The minimum absolute atomic E-state index is 0. The zero-order chi connectivity index (χ0) is 17.0. The summed E-state index contributed by atoms with van der Waals surface area (Å²) in [6.07, 6.45) is 1.28. The molecule has 1 fully saturated rings. The van der Waals surface area contributed by atoms with Crippen LogP contribution in [0.3, 0.4) is 0 Å². The summed E-state index contributed by atoms with van der Waals surface area (Å²) in [5.41, 5.74) is 7.77. The van der Waals surface area contributed by atoms with E-state index < -0.39 is 5.92 Å². The van der Waals surface area contributed by atoms with E-state index in [4.69, 9.17) is 5.73 Å². The molecule has 2 rings (SSSR count). The summed E-state index contributed by atoms with van der Waals surface area (Å²) in [5.74, 6) is -0.410. The number of nitrogens with one attached hydrogen (secondary N) is 1. The minimum atomic E-state index is -0.576. The van der Waals surface area contributed by atoms with Crippen molar-refractivity contribution >= 4 is 29.9 Å². The summed E-state index contributed by atoms with van der Waals surface area (Å²) < 4.78 is 0. The average Bonchev–Trinajstić information content (AvgIpc) is 2.88. The molecule has 2 atom stereocenters. The summed E-state index contributed by atoms with van der Waals surface area (Å²) in [5, 5.41) is 2.82. The molecule has 0 aromatic heterocycles. The predicted octanol–water partition coefficient (Wildman–Crippen LogP) is 2.44. The Balaban J connectivity index is 0.00000288. The third-order valence-corrected chi connectivity index (χ3v) is 4.29. The van der Waals surface area contributed by atoms with Gasteiger partial charge in [0.25, 0.3) is 0 Å². The molecular formula is C18H28ClN3O2. The maximum absolute atomic E-state index is 12.5. The second-order valence-electron chi connectivity index (χ2n) is 6.63. The number of anilines is 1. The maximum atomic E-state index is 12.5. The molecule has 1 aliphatic heterocycles. The summed E-state index contributed by atoms with van der Waals surface area (Å²) >= 11 is 0. The van der Waals surface area contributed by atoms with Gasteiger partial charge in [0.15, 0.2) is 0 Å². The molecule has 2 amide bonds. The second-order valence-corrected chi connectivity index (χ2v) is 6.63. The van der Waals surface area contributed by atoms with Crippen LogP contribution < -0.4 is 16.0 Å². The number of hydrogen-bond donors (Lipinski definition) is 2. The zero-order valence-electron chi connectivity index (χ0n) is 14.6. The Morgan fingerprint density at radius 1 is 1.29 bits per heavy atom.